The van der Waals surface area contributed by atoms with Gasteiger partial charge in [-0.2, -0.15) is 0 Å². The predicted molar refractivity (Wildman–Crippen MR) is 78.3 cm³/mol. The van der Waals surface area contributed by atoms with Crippen LogP contribution in [0.4, 0.5) is 0 Å². The first-order chi connectivity index (χ1) is 9.29. The molecule has 3 rings (SSSR count). The second kappa shape index (κ2) is 5.18. The van der Waals surface area contributed by atoms with Gasteiger partial charge in [0.05, 0.1) is 6.61 Å². The summed E-state index contributed by atoms with van der Waals surface area (Å²) in [7, 11) is 0. The van der Waals surface area contributed by atoms with Gasteiger partial charge in [0.1, 0.15) is 0 Å². The zero-order chi connectivity index (χ0) is 13.2. The molecule has 19 heavy (non-hydrogen) atoms. The normalized spacial score (nSPS) is 23.1. The summed E-state index contributed by atoms with van der Waals surface area (Å²) in [6.07, 6.45) is 1.20. The van der Waals surface area contributed by atoms with Crippen molar-refractivity contribution in [1.82, 2.24) is 0 Å². The van der Waals surface area contributed by atoms with Gasteiger partial charge in [-0.1, -0.05) is 60.2 Å². The second-order valence-electron chi connectivity index (χ2n) is 5.62. The predicted octanol–water partition coefficient (Wildman–Crippen LogP) is 3.87. The van der Waals surface area contributed by atoms with E-state index in [0.29, 0.717) is 11.8 Å². The zero-order valence-electron chi connectivity index (χ0n) is 11.3. The van der Waals surface area contributed by atoms with Crippen LogP contribution in [0.1, 0.15) is 34.9 Å². The van der Waals surface area contributed by atoms with E-state index in [1.807, 2.05) is 0 Å². The van der Waals surface area contributed by atoms with E-state index in [1.54, 1.807) is 0 Å². The fourth-order valence-electron chi connectivity index (χ4n) is 3.13. The summed E-state index contributed by atoms with van der Waals surface area (Å²) < 4.78 is 0. The molecule has 1 aliphatic carbocycles. The number of rotatable bonds is 4. The molecular weight excluding hydrogens is 232 g/mol. The van der Waals surface area contributed by atoms with Gasteiger partial charge in [0, 0.05) is 5.92 Å². The number of aliphatic hydroxyl groups is 1. The fraction of sp³-hybridized carbons (Fsp3) is 0.333. The van der Waals surface area contributed by atoms with E-state index in [4.69, 9.17) is 0 Å². The minimum Gasteiger partial charge on any atom is -0.396 e. The topological polar surface area (TPSA) is 20.2 Å². The van der Waals surface area contributed by atoms with Crippen molar-refractivity contribution >= 4 is 0 Å². The Morgan fingerprint density at radius 3 is 2.58 bits per heavy atom. The van der Waals surface area contributed by atoms with Gasteiger partial charge in [0.15, 0.2) is 0 Å². The quantitative estimate of drug-likeness (QED) is 0.875. The molecule has 0 spiro atoms. The van der Waals surface area contributed by atoms with Crippen LogP contribution in [0.2, 0.25) is 0 Å². The highest BCUT2D eigenvalue weighted by molar-refractivity contribution is 5.32. The van der Waals surface area contributed by atoms with E-state index in [-0.39, 0.29) is 12.5 Å². The SMILES string of the molecule is Cc1cccc(C(CO)C2CC2c2ccccc2)c1. The van der Waals surface area contributed by atoms with Crippen LogP contribution >= 0.6 is 0 Å². The second-order valence-corrected chi connectivity index (χ2v) is 5.62. The standard InChI is InChI=1S/C18H20O/c1-13-6-5-9-15(10-13)18(12-19)17-11-16(17)14-7-3-2-4-8-14/h2-10,16-19H,11-12H2,1H3. The molecule has 0 aromatic heterocycles. The van der Waals surface area contributed by atoms with Gasteiger partial charge >= 0.3 is 0 Å². The van der Waals surface area contributed by atoms with Crippen molar-refractivity contribution in [2.75, 3.05) is 6.61 Å². The Kier molecular flexibility index (Phi) is 3.39. The molecule has 2 aromatic carbocycles. The molecule has 1 saturated carbocycles. The van der Waals surface area contributed by atoms with Gasteiger partial charge < -0.3 is 5.11 Å². The van der Waals surface area contributed by atoms with Crippen LogP contribution in [-0.2, 0) is 0 Å². The average Bonchev–Trinajstić information content (AvgIpc) is 3.21. The molecule has 0 amide bonds. The Hall–Kier alpha value is -1.60. The molecule has 98 valence electrons. The lowest BCUT2D eigenvalue weighted by molar-refractivity contribution is 0.251. The van der Waals surface area contributed by atoms with E-state index in [9.17, 15) is 5.11 Å². The number of benzene rings is 2. The Bertz CT molecular complexity index is 547. The van der Waals surface area contributed by atoms with Crippen LogP contribution in [0, 0.1) is 12.8 Å². The van der Waals surface area contributed by atoms with Crippen molar-refractivity contribution in [3.63, 3.8) is 0 Å². The maximum absolute atomic E-state index is 9.75. The fourth-order valence-corrected chi connectivity index (χ4v) is 3.13. The first-order valence-electron chi connectivity index (χ1n) is 7.02. The first kappa shape index (κ1) is 12.4. The van der Waals surface area contributed by atoms with Gasteiger partial charge in [-0.3, -0.25) is 0 Å². The summed E-state index contributed by atoms with van der Waals surface area (Å²) in [5.41, 5.74) is 3.97. The van der Waals surface area contributed by atoms with Crippen molar-refractivity contribution in [3.8, 4) is 0 Å². The Labute approximate surface area is 114 Å². The first-order valence-corrected chi connectivity index (χ1v) is 7.02. The highest BCUT2D eigenvalue weighted by Crippen LogP contribution is 2.54. The monoisotopic (exact) mass is 252 g/mol. The maximum Gasteiger partial charge on any atom is 0.0502 e. The lowest BCUT2D eigenvalue weighted by Gasteiger charge is -2.15. The Morgan fingerprint density at radius 1 is 1.11 bits per heavy atom. The number of aryl methyl sites for hydroxylation is 1. The van der Waals surface area contributed by atoms with Gasteiger partial charge in [0.25, 0.3) is 0 Å². The molecular formula is C18H20O. The molecule has 2 aromatic rings. The molecule has 3 atom stereocenters. The van der Waals surface area contributed by atoms with Crippen LogP contribution in [0.15, 0.2) is 54.6 Å². The van der Waals surface area contributed by atoms with Gasteiger partial charge in [-0.05, 0) is 36.3 Å². The minimum absolute atomic E-state index is 0.247. The van der Waals surface area contributed by atoms with E-state index in [1.165, 1.54) is 23.1 Å². The lowest BCUT2D eigenvalue weighted by Crippen LogP contribution is -2.08. The van der Waals surface area contributed by atoms with Crippen LogP contribution in [0.25, 0.3) is 0 Å². The molecule has 0 aliphatic heterocycles. The summed E-state index contributed by atoms with van der Waals surface area (Å²) in [4.78, 5) is 0. The Balaban J connectivity index is 1.79. The maximum atomic E-state index is 9.75. The molecule has 0 radical (unpaired) electrons. The van der Waals surface area contributed by atoms with Gasteiger partial charge in [-0.15, -0.1) is 0 Å². The molecule has 0 heterocycles. The molecule has 1 aliphatic rings. The molecule has 1 nitrogen and oxygen atoms in total. The Morgan fingerprint density at radius 2 is 1.89 bits per heavy atom. The van der Waals surface area contributed by atoms with Crippen molar-refractivity contribution in [1.29, 1.82) is 0 Å². The van der Waals surface area contributed by atoms with E-state index in [0.717, 1.165) is 0 Å². The summed E-state index contributed by atoms with van der Waals surface area (Å²) in [6.45, 7) is 2.36. The third kappa shape index (κ3) is 2.57. The van der Waals surface area contributed by atoms with E-state index >= 15 is 0 Å². The molecule has 0 saturated heterocycles. The number of hydrogen-bond donors (Lipinski definition) is 1. The van der Waals surface area contributed by atoms with Crippen molar-refractivity contribution in [2.45, 2.75) is 25.2 Å². The van der Waals surface area contributed by atoms with Crippen LogP contribution < -0.4 is 0 Å². The van der Waals surface area contributed by atoms with Crippen molar-refractivity contribution in [3.05, 3.63) is 71.3 Å². The van der Waals surface area contributed by atoms with E-state index in [2.05, 4.69) is 61.5 Å². The van der Waals surface area contributed by atoms with Crippen LogP contribution in [-0.4, -0.2) is 11.7 Å². The number of aliphatic hydroxyl groups excluding tert-OH is 1. The third-order valence-electron chi connectivity index (χ3n) is 4.25. The number of hydrogen-bond acceptors (Lipinski definition) is 1. The third-order valence-corrected chi connectivity index (χ3v) is 4.25. The summed E-state index contributed by atoms with van der Waals surface area (Å²) in [5.74, 6) is 1.50. The molecule has 3 unspecified atom stereocenters. The van der Waals surface area contributed by atoms with E-state index < -0.39 is 0 Å². The highest BCUT2D eigenvalue weighted by Gasteiger charge is 2.43. The lowest BCUT2D eigenvalue weighted by atomic mass is 9.91. The molecule has 1 fully saturated rings. The summed E-state index contributed by atoms with van der Waals surface area (Å²) in [5, 5.41) is 9.75. The average molecular weight is 252 g/mol. The summed E-state index contributed by atoms with van der Waals surface area (Å²) in [6, 6.07) is 19.2. The molecule has 1 N–H and O–H groups in total. The van der Waals surface area contributed by atoms with Crippen LogP contribution in [0.3, 0.4) is 0 Å². The highest BCUT2D eigenvalue weighted by atomic mass is 16.3. The van der Waals surface area contributed by atoms with Crippen molar-refractivity contribution in [2.24, 2.45) is 5.92 Å². The minimum atomic E-state index is 0.247. The molecule has 0 bridgehead atoms. The van der Waals surface area contributed by atoms with Crippen LogP contribution in [0.5, 0.6) is 0 Å². The zero-order valence-corrected chi connectivity index (χ0v) is 11.3. The van der Waals surface area contributed by atoms with Gasteiger partial charge in [-0.25, -0.2) is 0 Å². The largest absolute Gasteiger partial charge is 0.396 e. The van der Waals surface area contributed by atoms with Gasteiger partial charge in [0.2, 0.25) is 0 Å². The van der Waals surface area contributed by atoms with Crippen molar-refractivity contribution < 1.29 is 5.11 Å². The smallest absolute Gasteiger partial charge is 0.0502 e. The molecule has 1 heteroatoms. The summed E-state index contributed by atoms with van der Waals surface area (Å²) >= 11 is 0.